The molecular formula is C15H20BrN3O4. The van der Waals surface area contributed by atoms with E-state index in [1.54, 1.807) is 11.1 Å². The monoisotopic (exact) mass is 385 g/mol. The van der Waals surface area contributed by atoms with Gasteiger partial charge in [0.1, 0.15) is 17.0 Å². The molecule has 1 aromatic rings. The second-order valence-electron chi connectivity index (χ2n) is 6.28. The Labute approximate surface area is 143 Å². The second kappa shape index (κ2) is 6.74. The van der Waals surface area contributed by atoms with E-state index in [-0.39, 0.29) is 11.7 Å². The Morgan fingerprint density at radius 1 is 1.26 bits per heavy atom. The zero-order chi connectivity index (χ0) is 17.2. The van der Waals surface area contributed by atoms with Crippen molar-refractivity contribution in [3.05, 3.63) is 22.3 Å². The lowest BCUT2D eigenvalue weighted by molar-refractivity contribution is 0.0239. The maximum absolute atomic E-state index is 12.0. The molecule has 0 bridgehead atoms. The molecule has 0 saturated carbocycles. The van der Waals surface area contributed by atoms with Crippen molar-refractivity contribution >= 4 is 33.8 Å². The number of hydrogen-bond donors (Lipinski definition) is 1. The Balaban J connectivity index is 2.05. The zero-order valence-electron chi connectivity index (χ0n) is 13.4. The van der Waals surface area contributed by atoms with Gasteiger partial charge < -0.3 is 19.6 Å². The lowest BCUT2D eigenvalue weighted by Crippen LogP contribution is -2.50. The van der Waals surface area contributed by atoms with Crippen LogP contribution in [0.4, 0.5) is 10.6 Å². The molecule has 0 aliphatic carbocycles. The van der Waals surface area contributed by atoms with Crippen molar-refractivity contribution < 1.29 is 19.4 Å². The lowest BCUT2D eigenvalue weighted by atomic mass is 10.2. The van der Waals surface area contributed by atoms with E-state index in [1.807, 2.05) is 25.7 Å². The van der Waals surface area contributed by atoms with Gasteiger partial charge in [-0.25, -0.2) is 14.6 Å². The molecule has 1 fully saturated rings. The summed E-state index contributed by atoms with van der Waals surface area (Å²) in [6.07, 6.45) is 1.22. The van der Waals surface area contributed by atoms with Crippen LogP contribution < -0.4 is 4.90 Å². The minimum Gasteiger partial charge on any atom is -0.478 e. The third-order valence-corrected chi connectivity index (χ3v) is 3.73. The van der Waals surface area contributed by atoms with Crippen LogP contribution in [0.1, 0.15) is 31.1 Å². The highest BCUT2D eigenvalue weighted by atomic mass is 79.9. The smallest absolute Gasteiger partial charge is 0.410 e. The molecule has 2 rings (SSSR count). The van der Waals surface area contributed by atoms with Crippen LogP contribution in [0.5, 0.6) is 0 Å². The Hall–Kier alpha value is -1.83. The summed E-state index contributed by atoms with van der Waals surface area (Å²) in [5.41, 5.74) is -0.386. The van der Waals surface area contributed by atoms with E-state index in [4.69, 9.17) is 4.74 Å². The minimum atomic E-state index is -1.02. The van der Waals surface area contributed by atoms with Gasteiger partial charge in [0.25, 0.3) is 0 Å². The lowest BCUT2D eigenvalue weighted by Gasteiger charge is -2.36. The first kappa shape index (κ1) is 17.5. The molecule has 2 heterocycles. The van der Waals surface area contributed by atoms with Gasteiger partial charge in [-0.2, -0.15) is 0 Å². The molecule has 1 amide bonds. The molecule has 7 nitrogen and oxygen atoms in total. The number of aromatic nitrogens is 1. The molecule has 0 unspecified atom stereocenters. The van der Waals surface area contributed by atoms with Crippen LogP contribution in [0.15, 0.2) is 16.7 Å². The number of amides is 1. The fraction of sp³-hybridized carbons (Fsp3) is 0.533. The van der Waals surface area contributed by atoms with Gasteiger partial charge in [0.2, 0.25) is 0 Å². The van der Waals surface area contributed by atoms with Crippen molar-refractivity contribution in [2.45, 2.75) is 26.4 Å². The third-order valence-electron chi connectivity index (χ3n) is 3.29. The van der Waals surface area contributed by atoms with E-state index in [0.717, 1.165) is 0 Å². The van der Waals surface area contributed by atoms with Gasteiger partial charge in [-0.05, 0) is 42.8 Å². The van der Waals surface area contributed by atoms with Gasteiger partial charge in [-0.3, -0.25) is 0 Å². The number of piperazine rings is 1. The summed E-state index contributed by atoms with van der Waals surface area (Å²) in [7, 11) is 0. The Morgan fingerprint density at radius 3 is 2.39 bits per heavy atom. The van der Waals surface area contributed by atoms with Gasteiger partial charge in [-0.1, -0.05) is 0 Å². The average Bonchev–Trinajstić information content (AvgIpc) is 2.45. The molecule has 1 N–H and O–H groups in total. The van der Waals surface area contributed by atoms with Crippen molar-refractivity contribution in [2.24, 2.45) is 0 Å². The molecule has 0 atom stereocenters. The van der Waals surface area contributed by atoms with E-state index in [9.17, 15) is 14.7 Å². The summed E-state index contributed by atoms with van der Waals surface area (Å²) in [5, 5.41) is 9.32. The number of aromatic carboxylic acids is 1. The van der Waals surface area contributed by atoms with Crippen LogP contribution in [0, 0.1) is 0 Å². The van der Waals surface area contributed by atoms with E-state index < -0.39 is 11.6 Å². The summed E-state index contributed by atoms with van der Waals surface area (Å²) in [6.45, 7) is 7.42. The first-order valence-electron chi connectivity index (χ1n) is 7.29. The van der Waals surface area contributed by atoms with Crippen LogP contribution in [0.25, 0.3) is 0 Å². The molecule has 126 valence electrons. The van der Waals surface area contributed by atoms with E-state index >= 15 is 0 Å². The summed E-state index contributed by atoms with van der Waals surface area (Å²) >= 11 is 3.23. The minimum absolute atomic E-state index is 0.144. The van der Waals surface area contributed by atoms with Crippen molar-refractivity contribution in [1.82, 2.24) is 9.88 Å². The van der Waals surface area contributed by atoms with E-state index in [0.29, 0.717) is 36.5 Å². The molecule has 0 spiro atoms. The largest absolute Gasteiger partial charge is 0.478 e. The highest BCUT2D eigenvalue weighted by Crippen LogP contribution is 2.23. The summed E-state index contributed by atoms with van der Waals surface area (Å²) < 4.78 is 5.97. The summed E-state index contributed by atoms with van der Waals surface area (Å²) in [4.78, 5) is 31.1. The maximum atomic E-state index is 12.0. The first-order chi connectivity index (χ1) is 10.7. The predicted molar refractivity (Wildman–Crippen MR) is 88.9 cm³/mol. The normalized spacial score (nSPS) is 15.5. The molecule has 1 saturated heterocycles. The Kier molecular flexibility index (Phi) is 5.13. The molecular weight excluding hydrogens is 366 g/mol. The summed E-state index contributed by atoms with van der Waals surface area (Å²) in [6, 6.07) is 1.53. The number of carbonyl (C=O) groups excluding carboxylic acids is 1. The third kappa shape index (κ3) is 4.57. The number of ether oxygens (including phenoxy) is 1. The molecule has 23 heavy (non-hydrogen) atoms. The highest BCUT2D eigenvalue weighted by molar-refractivity contribution is 9.10. The maximum Gasteiger partial charge on any atom is 0.410 e. The first-order valence-corrected chi connectivity index (χ1v) is 8.08. The van der Waals surface area contributed by atoms with Crippen molar-refractivity contribution in [2.75, 3.05) is 31.1 Å². The van der Waals surface area contributed by atoms with Crippen LogP contribution in [0.3, 0.4) is 0 Å². The topological polar surface area (TPSA) is 83.0 Å². The second-order valence-corrected chi connectivity index (χ2v) is 7.20. The van der Waals surface area contributed by atoms with Crippen molar-refractivity contribution in [1.29, 1.82) is 0 Å². The standard InChI is InChI=1S/C15H20BrN3O4/c1-15(2,3)23-14(22)19-6-4-18(5-7-19)12-11(13(20)21)8-10(16)9-17-12/h8-9H,4-7H2,1-3H3,(H,20,21). The fourth-order valence-electron chi connectivity index (χ4n) is 2.27. The number of pyridine rings is 1. The van der Waals surface area contributed by atoms with Gasteiger partial charge in [0.15, 0.2) is 0 Å². The number of anilines is 1. The molecule has 0 aromatic carbocycles. The predicted octanol–water partition coefficient (Wildman–Crippen LogP) is 2.60. The molecule has 1 aliphatic rings. The van der Waals surface area contributed by atoms with Gasteiger partial charge in [-0.15, -0.1) is 0 Å². The molecule has 1 aliphatic heterocycles. The highest BCUT2D eigenvalue weighted by Gasteiger charge is 2.28. The number of carboxylic acids is 1. The number of nitrogens with zero attached hydrogens (tertiary/aromatic N) is 3. The van der Waals surface area contributed by atoms with Gasteiger partial charge >= 0.3 is 12.1 Å². The number of carboxylic acid groups (broad SMARTS) is 1. The fourth-order valence-corrected chi connectivity index (χ4v) is 2.60. The SMILES string of the molecule is CC(C)(C)OC(=O)N1CCN(c2ncc(Br)cc2C(=O)O)CC1. The van der Waals surface area contributed by atoms with Crippen molar-refractivity contribution in [3.63, 3.8) is 0 Å². The van der Waals surface area contributed by atoms with Crippen LogP contribution in [-0.2, 0) is 4.74 Å². The number of rotatable bonds is 2. The molecule has 8 heteroatoms. The van der Waals surface area contributed by atoms with E-state index in [2.05, 4.69) is 20.9 Å². The number of hydrogen-bond acceptors (Lipinski definition) is 5. The van der Waals surface area contributed by atoms with Gasteiger partial charge in [0.05, 0.1) is 0 Å². The molecule has 0 radical (unpaired) electrons. The Bertz CT molecular complexity index is 607. The van der Waals surface area contributed by atoms with Crippen LogP contribution in [0.2, 0.25) is 0 Å². The van der Waals surface area contributed by atoms with Crippen molar-refractivity contribution in [3.8, 4) is 0 Å². The quantitative estimate of drug-likeness (QED) is 0.842. The Morgan fingerprint density at radius 2 is 1.87 bits per heavy atom. The molecule has 1 aromatic heterocycles. The number of carbonyl (C=O) groups is 2. The zero-order valence-corrected chi connectivity index (χ0v) is 15.0. The van der Waals surface area contributed by atoms with Gasteiger partial charge in [0, 0.05) is 36.8 Å². The number of halogens is 1. The van der Waals surface area contributed by atoms with Crippen LogP contribution in [-0.4, -0.2) is 58.8 Å². The van der Waals surface area contributed by atoms with Crippen LogP contribution >= 0.6 is 15.9 Å². The van der Waals surface area contributed by atoms with E-state index in [1.165, 1.54) is 6.07 Å². The average molecular weight is 386 g/mol. The summed E-state index contributed by atoms with van der Waals surface area (Å²) in [5.74, 6) is -0.604.